The van der Waals surface area contributed by atoms with Crippen LogP contribution in [0.15, 0.2) is 22.8 Å². The lowest BCUT2D eigenvalue weighted by molar-refractivity contribution is 0.839. The number of hydrogen-bond donors (Lipinski definition) is 2. The molecule has 0 aromatic carbocycles. The quantitative estimate of drug-likeness (QED) is 0.323. The second kappa shape index (κ2) is 9.46. The van der Waals surface area contributed by atoms with Crippen LogP contribution < -0.4 is 10.6 Å². The van der Waals surface area contributed by atoms with Gasteiger partial charge >= 0.3 is 0 Å². The summed E-state index contributed by atoms with van der Waals surface area (Å²) in [6, 6.07) is 0. The van der Waals surface area contributed by atoms with E-state index in [-0.39, 0.29) is 24.0 Å². The number of rotatable bonds is 6. The molecule has 112 valence electrons. The molecule has 5 nitrogen and oxygen atoms in total. The first-order valence-electron chi connectivity index (χ1n) is 6.25. The number of aromatic nitrogens is 2. The molecular weight excluding hydrogens is 405 g/mol. The van der Waals surface area contributed by atoms with E-state index in [9.17, 15) is 0 Å². The van der Waals surface area contributed by atoms with E-state index in [4.69, 9.17) is 0 Å². The highest BCUT2D eigenvalue weighted by molar-refractivity contribution is 14.0. The van der Waals surface area contributed by atoms with Crippen molar-refractivity contribution in [2.75, 3.05) is 25.1 Å². The van der Waals surface area contributed by atoms with E-state index in [1.54, 1.807) is 11.3 Å². The van der Waals surface area contributed by atoms with Crippen LogP contribution in [0.3, 0.4) is 0 Å². The molecule has 0 aliphatic carbocycles. The minimum Gasteiger partial charge on any atom is -0.357 e. The highest BCUT2D eigenvalue weighted by Crippen LogP contribution is 2.11. The van der Waals surface area contributed by atoms with Gasteiger partial charge in [-0.3, -0.25) is 4.40 Å². The molecule has 0 fully saturated rings. The lowest BCUT2D eigenvalue weighted by Gasteiger charge is -2.09. The van der Waals surface area contributed by atoms with Crippen LogP contribution in [-0.4, -0.2) is 40.4 Å². The van der Waals surface area contributed by atoms with Crippen molar-refractivity contribution in [1.29, 1.82) is 0 Å². The molecule has 2 aromatic rings. The number of nitrogens with zero attached hydrogens (tertiary/aromatic N) is 3. The van der Waals surface area contributed by atoms with Gasteiger partial charge < -0.3 is 10.6 Å². The zero-order chi connectivity index (χ0) is 13.5. The number of nitrogens with one attached hydrogen (secondary N) is 2. The molecule has 0 atom stereocenters. The van der Waals surface area contributed by atoms with Gasteiger partial charge in [-0.25, -0.2) is 9.98 Å². The average molecular weight is 425 g/mol. The Morgan fingerprint density at radius 1 is 1.50 bits per heavy atom. The third-order valence-electron chi connectivity index (χ3n) is 2.49. The van der Waals surface area contributed by atoms with Crippen LogP contribution in [0.5, 0.6) is 0 Å². The molecular formula is C12H20IN5S2. The van der Waals surface area contributed by atoms with Crippen molar-refractivity contribution in [2.45, 2.75) is 13.5 Å². The van der Waals surface area contributed by atoms with E-state index in [0.717, 1.165) is 35.5 Å². The maximum absolute atomic E-state index is 4.54. The number of hydrogen-bond acceptors (Lipinski definition) is 4. The molecule has 0 unspecified atom stereocenters. The second-order valence-corrected chi connectivity index (χ2v) is 5.80. The summed E-state index contributed by atoms with van der Waals surface area (Å²) in [7, 11) is 0. The number of imidazole rings is 1. The van der Waals surface area contributed by atoms with E-state index in [2.05, 4.69) is 33.8 Å². The largest absolute Gasteiger partial charge is 0.357 e. The maximum atomic E-state index is 4.54. The normalized spacial score (nSPS) is 11.4. The first-order valence-corrected chi connectivity index (χ1v) is 8.53. The van der Waals surface area contributed by atoms with Gasteiger partial charge in [-0.1, -0.05) is 0 Å². The van der Waals surface area contributed by atoms with Gasteiger partial charge in [0.1, 0.15) is 0 Å². The standard InChI is InChI=1S/C12H19N5S2.HI/c1-3-13-11(14-4-6-18-2)15-8-10-9-17-5-7-19-12(17)16-10;/h5,7,9H,3-4,6,8H2,1-2H3,(H2,13,14,15);1H. The van der Waals surface area contributed by atoms with Gasteiger partial charge in [0.15, 0.2) is 10.9 Å². The number of guanidine groups is 1. The summed E-state index contributed by atoms with van der Waals surface area (Å²) in [5, 5.41) is 8.57. The van der Waals surface area contributed by atoms with Crippen molar-refractivity contribution in [1.82, 2.24) is 20.0 Å². The summed E-state index contributed by atoms with van der Waals surface area (Å²) < 4.78 is 2.03. The summed E-state index contributed by atoms with van der Waals surface area (Å²) in [6.45, 7) is 4.45. The van der Waals surface area contributed by atoms with E-state index in [0.29, 0.717) is 6.54 Å². The fourth-order valence-electron chi connectivity index (χ4n) is 1.63. The molecule has 0 saturated heterocycles. The van der Waals surface area contributed by atoms with Crippen LogP contribution in [0.4, 0.5) is 0 Å². The van der Waals surface area contributed by atoms with Crippen molar-refractivity contribution in [3.8, 4) is 0 Å². The van der Waals surface area contributed by atoms with Crippen molar-refractivity contribution < 1.29 is 0 Å². The lowest BCUT2D eigenvalue weighted by Crippen LogP contribution is -2.38. The van der Waals surface area contributed by atoms with Gasteiger partial charge in [0.2, 0.25) is 0 Å². The Balaban J connectivity index is 0.00000200. The summed E-state index contributed by atoms with van der Waals surface area (Å²) in [5.74, 6) is 1.93. The molecule has 0 amide bonds. The molecule has 2 rings (SSSR count). The summed E-state index contributed by atoms with van der Waals surface area (Å²) >= 11 is 3.46. The third kappa shape index (κ3) is 5.13. The van der Waals surface area contributed by atoms with Gasteiger partial charge in [-0.05, 0) is 13.2 Å². The van der Waals surface area contributed by atoms with Crippen LogP contribution >= 0.6 is 47.1 Å². The predicted octanol–water partition coefficient (Wildman–Crippen LogP) is 2.43. The van der Waals surface area contributed by atoms with Crippen LogP contribution in [-0.2, 0) is 6.54 Å². The summed E-state index contributed by atoms with van der Waals surface area (Å²) in [5.41, 5.74) is 0.994. The van der Waals surface area contributed by atoms with Crippen molar-refractivity contribution >= 4 is 58.0 Å². The molecule has 0 spiro atoms. The minimum absolute atomic E-state index is 0. The molecule has 0 bridgehead atoms. The van der Waals surface area contributed by atoms with E-state index in [1.165, 1.54) is 0 Å². The zero-order valence-corrected chi connectivity index (χ0v) is 15.6. The molecule has 2 aromatic heterocycles. The molecule has 0 radical (unpaired) electrons. The van der Waals surface area contributed by atoms with Crippen LogP contribution in [0.25, 0.3) is 4.96 Å². The monoisotopic (exact) mass is 425 g/mol. The molecule has 2 heterocycles. The number of thioether (sulfide) groups is 1. The van der Waals surface area contributed by atoms with Crippen molar-refractivity contribution in [3.63, 3.8) is 0 Å². The van der Waals surface area contributed by atoms with Crippen molar-refractivity contribution in [2.24, 2.45) is 4.99 Å². The lowest BCUT2D eigenvalue weighted by atomic mass is 10.5. The molecule has 0 aliphatic rings. The van der Waals surface area contributed by atoms with E-state index >= 15 is 0 Å². The Morgan fingerprint density at radius 2 is 2.35 bits per heavy atom. The van der Waals surface area contributed by atoms with E-state index < -0.39 is 0 Å². The predicted molar refractivity (Wildman–Crippen MR) is 99.7 cm³/mol. The Bertz CT molecular complexity index is 508. The molecule has 0 aliphatic heterocycles. The van der Waals surface area contributed by atoms with E-state index in [1.807, 2.05) is 33.9 Å². The van der Waals surface area contributed by atoms with Crippen molar-refractivity contribution in [3.05, 3.63) is 23.5 Å². The highest BCUT2D eigenvalue weighted by atomic mass is 127. The fraction of sp³-hybridized carbons (Fsp3) is 0.500. The molecule has 20 heavy (non-hydrogen) atoms. The van der Waals surface area contributed by atoms with Gasteiger partial charge in [0, 0.05) is 36.6 Å². The number of thiazole rings is 1. The second-order valence-electron chi connectivity index (χ2n) is 3.94. The van der Waals surface area contributed by atoms with Gasteiger partial charge in [0.05, 0.1) is 12.2 Å². The first-order chi connectivity index (χ1) is 9.33. The maximum Gasteiger partial charge on any atom is 0.193 e. The minimum atomic E-state index is 0. The SMILES string of the molecule is CCNC(=NCc1cn2ccsc2n1)NCCSC.I. The first kappa shape index (κ1) is 17.6. The Morgan fingerprint density at radius 3 is 3.05 bits per heavy atom. The smallest absolute Gasteiger partial charge is 0.193 e. The average Bonchev–Trinajstić information content (AvgIpc) is 2.96. The zero-order valence-electron chi connectivity index (χ0n) is 11.6. The number of aliphatic imine (C=N–C) groups is 1. The molecule has 8 heteroatoms. The Kier molecular flexibility index (Phi) is 8.31. The number of halogens is 1. The topological polar surface area (TPSA) is 53.7 Å². The fourth-order valence-corrected chi connectivity index (χ4v) is 2.65. The summed E-state index contributed by atoms with van der Waals surface area (Å²) in [6.07, 6.45) is 6.15. The molecule has 2 N–H and O–H groups in total. The van der Waals surface area contributed by atoms with Crippen LogP contribution in [0.1, 0.15) is 12.6 Å². The van der Waals surface area contributed by atoms with Crippen LogP contribution in [0.2, 0.25) is 0 Å². The summed E-state index contributed by atoms with van der Waals surface area (Å²) in [4.78, 5) is 10.1. The Labute approximate surface area is 144 Å². The molecule has 0 saturated carbocycles. The Hall–Kier alpha value is -0.480. The third-order valence-corrected chi connectivity index (χ3v) is 3.87. The van der Waals surface area contributed by atoms with Gasteiger partial charge in [-0.15, -0.1) is 35.3 Å². The highest BCUT2D eigenvalue weighted by Gasteiger charge is 2.02. The van der Waals surface area contributed by atoms with Crippen LogP contribution in [0, 0.1) is 0 Å². The van der Waals surface area contributed by atoms with Gasteiger partial charge in [-0.2, -0.15) is 11.8 Å². The van der Waals surface area contributed by atoms with Gasteiger partial charge in [0.25, 0.3) is 0 Å². The number of fused-ring (bicyclic) bond motifs is 1.